The van der Waals surface area contributed by atoms with E-state index in [2.05, 4.69) is 26.9 Å². The van der Waals surface area contributed by atoms with Gasteiger partial charge in [0.25, 0.3) is 10.0 Å². The molecule has 0 unspecified atom stereocenters. The lowest BCUT2D eigenvalue weighted by atomic mass is 9.99. The molecule has 2 aromatic carbocycles. The summed E-state index contributed by atoms with van der Waals surface area (Å²) in [6.07, 6.45) is 4.50. The Morgan fingerprint density at radius 2 is 1.85 bits per heavy atom. The number of fused-ring (bicyclic) bond motifs is 1. The summed E-state index contributed by atoms with van der Waals surface area (Å²) < 4.78 is 42.4. The van der Waals surface area contributed by atoms with Crippen LogP contribution in [0.3, 0.4) is 0 Å². The topological polar surface area (TPSA) is 42.3 Å². The molecule has 7 heteroatoms. The maximum atomic E-state index is 13.9. The van der Waals surface area contributed by atoms with Crippen LogP contribution in [0.1, 0.15) is 12.0 Å². The Morgan fingerprint density at radius 3 is 2.52 bits per heavy atom. The average Bonchev–Trinajstić information content (AvgIpc) is 3.02. The van der Waals surface area contributed by atoms with Crippen LogP contribution >= 0.6 is 15.9 Å². The molecule has 4 nitrogen and oxygen atoms in total. The number of aromatic nitrogens is 1. The first-order valence-corrected chi connectivity index (χ1v) is 10.8. The number of nitrogens with zero attached hydrogens (tertiary/aromatic N) is 2. The van der Waals surface area contributed by atoms with E-state index in [-0.39, 0.29) is 10.7 Å². The molecule has 0 N–H and O–H groups in total. The van der Waals surface area contributed by atoms with Gasteiger partial charge in [-0.3, -0.25) is 0 Å². The summed E-state index contributed by atoms with van der Waals surface area (Å²) in [5, 5.41) is 0.617. The molecule has 0 bridgehead atoms. The highest BCUT2D eigenvalue weighted by molar-refractivity contribution is 9.10. The Bertz CT molecular complexity index is 1150. The van der Waals surface area contributed by atoms with Crippen molar-refractivity contribution in [2.24, 2.45) is 0 Å². The quantitative estimate of drug-likeness (QED) is 0.592. The third-order valence-electron chi connectivity index (χ3n) is 4.86. The second-order valence-corrected chi connectivity index (χ2v) is 9.43. The van der Waals surface area contributed by atoms with Crippen molar-refractivity contribution in [2.75, 3.05) is 20.1 Å². The second-order valence-electron chi connectivity index (χ2n) is 6.70. The normalized spacial score (nSPS) is 15.9. The fourth-order valence-electron chi connectivity index (χ4n) is 3.36. The van der Waals surface area contributed by atoms with Gasteiger partial charge in [0.1, 0.15) is 5.82 Å². The monoisotopic (exact) mass is 448 g/mol. The van der Waals surface area contributed by atoms with E-state index in [4.69, 9.17) is 0 Å². The zero-order valence-corrected chi connectivity index (χ0v) is 17.1. The van der Waals surface area contributed by atoms with Crippen LogP contribution in [0.25, 0.3) is 16.5 Å². The molecule has 140 valence electrons. The van der Waals surface area contributed by atoms with Gasteiger partial charge in [0.2, 0.25) is 0 Å². The van der Waals surface area contributed by atoms with Crippen LogP contribution in [-0.4, -0.2) is 37.4 Å². The lowest BCUT2D eigenvalue weighted by Crippen LogP contribution is -2.23. The van der Waals surface area contributed by atoms with Crippen LogP contribution in [0.5, 0.6) is 0 Å². The number of likely N-dealkylation sites (N-methyl/N-ethyl adjacent to an activating group) is 1. The lowest BCUT2D eigenvalue weighted by molar-refractivity contribution is 0.370. The Morgan fingerprint density at radius 1 is 1.11 bits per heavy atom. The SMILES string of the molecule is CN1CC=C(c2cn(S(=O)(=O)c3ccc(Br)cc3)c3ccc(F)cc23)CC1. The van der Waals surface area contributed by atoms with Gasteiger partial charge in [-0.1, -0.05) is 22.0 Å². The molecule has 0 fully saturated rings. The van der Waals surface area contributed by atoms with E-state index in [1.165, 1.54) is 22.2 Å². The first kappa shape index (κ1) is 18.4. The van der Waals surface area contributed by atoms with E-state index in [0.29, 0.717) is 10.9 Å². The predicted molar refractivity (Wildman–Crippen MR) is 109 cm³/mol. The fourth-order valence-corrected chi connectivity index (χ4v) is 5.00. The summed E-state index contributed by atoms with van der Waals surface area (Å²) in [7, 11) is -1.75. The molecule has 0 aliphatic carbocycles. The molecule has 3 aromatic rings. The first-order chi connectivity index (χ1) is 12.9. The van der Waals surface area contributed by atoms with Crippen molar-refractivity contribution in [3.63, 3.8) is 0 Å². The van der Waals surface area contributed by atoms with Crippen molar-refractivity contribution in [1.82, 2.24) is 8.87 Å². The molecule has 0 amide bonds. The van der Waals surface area contributed by atoms with Gasteiger partial charge in [0, 0.05) is 34.7 Å². The molecule has 0 radical (unpaired) electrons. The smallest absolute Gasteiger partial charge is 0.268 e. The third kappa shape index (κ3) is 3.35. The van der Waals surface area contributed by atoms with Gasteiger partial charge in [0.05, 0.1) is 10.4 Å². The maximum Gasteiger partial charge on any atom is 0.268 e. The number of hydrogen-bond acceptors (Lipinski definition) is 3. The number of rotatable bonds is 3. The molecule has 1 aliphatic rings. The standard InChI is InChI=1S/C20H18BrFN2O2S/c1-23-10-8-14(9-11-23)19-13-24(20-7-4-16(22)12-18(19)20)27(25,26)17-5-2-15(21)3-6-17/h2-8,12-13H,9-11H2,1H3. The van der Waals surface area contributed by atoms with E-state index < -0.39 is 10.0 Å². The first-order valence-electron chi connectivity index (χ1n) is 8.56. The van der Waals surface area contributed by atoms with Gasteiger partial charge in [-0.2, -0.15) is 0 Å². The van der Waals surface area contributed by atoms with Crippen LogP contribution in [0.2, 0.25) is 0 Å². The van der Waals surface area contributed by atoms with Crippen LogP contribution < -0.4 is 0 Å². The zero-order valence-electron chi connectivity index (χ0n) is 14.7. The average molecular weight is 449 g/mol. The summed E-state index contributed by atoms with van der Waals surface area (Å²) in [5.74, 6) is -0.379. The number of hydrogen-bond donors (Lipinski definition) is 0. The van der Waals surface area contributed by atoms with E-state index in [9.17, 15) is 12.8 Å². The van der Waals surface area contributed by atoms with E-state index in [1.807, 2.05) is 7.05 Å². The summed E-state index contributed by atoms with van der Waals surface area (Å²) in [6.45, 7) is 1.67. The molecule has 0 saturated carbocycles. The van der Waals surface area contributed by atoms with Crippen molar-refractivity contribution < 1.29 is 12.8 Å². The highest BCUT2D eigenvalue weighted by Gasteiger charge is 2.23. The number of benzene rings is 2. The van der Waals surface area contributed by atoms with Gasteiger partial charge in [-0.05, 0) is 61.5 Å². The third-order valence-corrected chi connectivity index (χ3v) is 7.08. The molecule has 4 rings (SSSR count). The van der Waals surface area contributed by atoms with Crippen LogP contribution in [0.4, 0.5) is 4.39 Å². The maximum absolute atomic E-state index is 13.9. The van der Waals surface area contributed by atoms with Crippen molar-refractivity contribution in [3.8, 4) is 0 Å². The molecule has 2 heterocycles. The van der Waals surface area contributed by atoms with Crippen molar-refractivity contribution in [1.29, 1.82) is 0 Å². The van der Waals surface area contributed by atoms with Crippen molar-refractivity contribution >= 4 is 42.4 Å². The molecule has 0 saturated heterocycles. The highest BCUT2D eigenvalue weighted by atomic mass is 79.9. The second kappa shape index (κ2) is 6.89. The van der Waals surface area contributed by atoms with Gasteiger partial charge in [0.15, 0.2) is 0 Å². The minimum atomic E-state index is -3.79. The molecule has 1 aromatic heterocycles. The van der Waals surface area contributed by atoms with E-state index in [1.54, 1.807) is 30.5 Å². The summed E-state index contributed by atoms with van der Waals surface area (Å²) >= 11 is 3.32. The van der Waals surface area contributed by atoms with E-state index in [0.717, 1.165) is 35.1 Å². The molecule has 0 spiro atoms. The predicted octanol–water partition coefficient (Wildman–Crippen LogP) is 4.50. The summed E-state index contributed by atoms with van der Waals surface area (Å²) in [5.41, 5.74) is 2.31. The number of halogens is 2. The zero-order chi connectivity index (χ0) is 19.2. The highest BCUT2D eigenvalue weighted by Crippen LogP contribution is 2.33. The Kier molecular flexibility index (Phi) is 4.70. The van der Waals surface area contributed by atoms with Crippen molar-refractivity contribution in [2.45, 2.75) is 11.3 Å². The largest absolute Gasteiger partial charge is 0.302 e. The molecular weight excluding hydrogens is 431 g/mol. The van der Waals surface area contributed by atoms with Crippen LogP contribution in [0.15, 0.2) is 64.1 Å². The molecular formula is C20H18BrFN2O2S. The van der Waals surface area contributed by atoms with Crippen molar-refractivity contribution in [3.05, 3.63) is 70.6 Å². The lowest BCUT2D eigenvalue weighted by Gasteiger charge is -2.21. The molecule has 1 aliphatic heterocycles. The molecule has 0 atom stereocenters. The Hall–Kier alpha value is -1.96. The fraction of sp³-hybridized carbons (Fsp3) is 0.200. The molecule has 27 heavy (non-hydrogen) atoms. The van der Waals surface area contributed by atoms with Gasteiger partial charge < -0.3 is 4.90 Å². The Labute approximate surface area is 166 Å². The van der Waals surface area contributed by atoms with Crippen LogP contribution in [-0.2, 0) is 10.0 Å². The minimum absolute atomic E-state index is 0.191. The van der Waals surface area contributed by atoms with Gasteiger partial charge in [-0.15, -0.1) is 0 Å². The minimum Gasteiger partial charge on any atom is -0.302 e. The summed E-state index contributed by atoms with van der Waals surface area (Å²) in [6, 6.07) is 10.7. The van der Waals surface area contributed by atoms with Gasteiger partial charge in [-0.25, -0.2) is 16.8 Å². The van der Waals surface area contributed by atoms with Crippen LogP contribution in [0, 0.1) is 5.82 Å². The summed E-state index contributed by atoms with van der Waals surface area (Å²) in [4.78, 5) is 2.37. The Balaban J connectivity index is 1.93. The van der Waals surface area contributed by atoms with Gasteiger partial charge >= 0.3 is 0 Å². The van der Waals surface area contributed by atoms with E-state index >= 15 is 0 Å².